The molecule has 6 nitrogen and oxygen atoms in total. The predicted molar refractivity (Wildman–Crippen MR) is 91.3 cm³/mol. The predicted octanol–water partition coefficient (Wildman–Crippen LogP) is 3.56. The van der Waals surface area contributed by atoms with E-state index in [1.165, 1.54) is 18.5 Å². The number of nitrogens with one attached hydrogen (secondary N) is 1. The Hall–Kier alpha value is -2.54. The molecule has 1 N–H and O–H groups in total. The molecule has 2 aromatic heterocycles. The molecule has 3 heterocycles. The molecule has 4 rings (SSSR count). The van der Waals surface area contributed by atoms with Crippen LogP contribution in [0.2, 0.25) is 5.02 Å². The van der Waals surface area contributed by atoms with Crippen LogP contribution in [-0.4, -0.2) is 33.0 Å². The Labute approximate surface area is 142 Å². The summed E-state index contributed by atoms with van der Waals surface area (Å²) in [6.45, 7) is 1.91. The largest absolute Gasteiger partial charge is 0.341 e. The Balaban J connectivity index is 1.73. The first kappa shape index (κ1) is 15.0. The van der Waals surface area contributed by atoms with Gasteiger partial charge in [0, 0.05) is 18.8 Å². The summed E-state index contributed by atoms with van der Waals surface area (Å²) in [5.41, 5.74) is 1.89. The second kappa shape index (κ2) is 6.16. The van der Waals surface area contributed by atoms with E-state index in [-0.39, 0.29) is 5.02 Å². The average Bonchev–Trinajstić information content (AvgIpc) is 3.13. The molecule has 24 heavy (non-hydrogen) atoms. The fourth-order valence-corrected chi connectivity index (χ4v) is 2.90. The van der Waals surface area contributed by atoms with Crippen LogP contribution in [0.25, 0.3) is 11.0 Å². The number of fused-ring (bicyclic) bond motifs is 1. The molecule has 0 saturated carbocycles. The number of anilines is 3. The number of halogens is 2. The minimum Gasteiger partial charge on any atom is -0.341 e. The molecule has 1 aromatic carbocycles. The Morgan fingerprint density at radius 3 is 2.75 bits per heavy atom. The normalized spacial score (nSPS) is 14.3. The van der Waals surface area contributed by atoms with E-state index in [4.69, 9.17) is 11.6 Å². The van der Waals surface area contributed by atoms with Crippen LogP contribution in [0.15, 0.2) is 30.7 Å². The van der Waals surface area contributed by atoms with Gasteiger partial charge in [-0.3, -0.25) is 0 Å². The highest BCUT2D eigenvalue weighted by Gasteiger charge is 2.16. The topological polar surface area (TPSA) is 66.8 Å². The Kier molecular flexibility index (Phi) is 3.86. The molecule has 122 valence electrons. The third kappa shape index (κ3) is 2.82. The maximum atomic E-state index is 13.3. The second-order valence-electron chi connectivity index (χ2n) is 5.57. The zero-order valence-electron chi connectivity index (χ0n) is 12.7. The van der Waals surface area contributed by atoms with Crippen LogP contribution in [0.4, 0.5) is 21.8 Å². The van der Waals surface area contributed by atoms with Crippen LogP contribution in [0, 0.1) is 5.82 Å². The monoisotopic (exact) mass is 344 g/mol. The number of aromatic nitrogens is 4. The van der Waals surface area contributed by atoms with Crippen molar-refractivity contribution < 1.29 is 4.39 Å². The van der Waals surface area contributed by atoms with Crippen molar-refractivity contribution in [3.05, 3.63) is 41.6 Å². The zero-order valence-corrected chi connectivity index (χ0v) is 13.5. The van der Waals surface area contributed by atoms with Crippen molar-refractivity contribution >= 4 is 40.1 Å². The molecule has 0 spiro atoms. The van der Waals surface area contributed by atoms with Crippen LogP contribution >= 0.6 is 11.6 Å². The molecule has 3 aromatic rings. The van der Waals surface area contributed by atoms with Gasteiger partial charge in [-0.25, -0.2) is 24.3 Å². The first-order valence-electron chi connectivity index (χ1n) is 7.65. The van der Waals surface area contributed by atoms with E-state index in [0.29, 0.717) is 28.5 Å². The van der Waals surface area contributed by atoms with Crippen molar-refractivity contribution in [3.8, 4) is 0 Å². The molecule has 0 unspecified atom stereocenters. The van der Waals surface area contributed by atoms with E-state index in [9.17, 15) is 4.39 Å². The molecule has 0 amide bonds. The highest BCUT2D eigenvalue weighted by Crippen LogP contribution is 2.26. The molecule has 0 bridgehead atoms. The summed E-state index contributed by atoms with van der Waals surface area (Å²) in [6.07, 6.45) is 5.42. The molecule has 8 heteroatoms. The van der Waals surface area contributed by atoms with E-state index < -0.39 is 5.82 Å². The summed E-state index contributed by atoms with van der Waals surface area (Å²) in [7, 11) is 0. The van der Waals surface area contributed by atoms with Gasteiger partial charge in [-0.15, -0.1) is 0 Å². The lowest BCUT2D eigenvalue weighted by atomic mass is 10.3. The summed E-state index contributed by atoms with van der Waals surface area (Å²) in [5, 5.41) is 3.17. The number of hydrogen-bond acceptors (Lipinski definition) is 6. The zero-order chi connectivity index (χ0) is 16.5. The van der Waals surface area contributed by atoms with Gasteiger partial charge in [0.1, 0.15) is 23.2 Å². The summed E-state index contributed by atoms with van der Waals surface area (Å²) in [4.78, 5) is 19.6. The quantitative estimate of drug-likeness (QED) is 0.783. The third-order valence-corrected chi connectivity index (χ3v) is 4.23. The smallest absolute Gasteiger partial charge is 0.226 e. The summed E-state index contributed by atoms with van der Waals surface area (Å²) in [5.74, 6) is 0.744. The Morgan fingerprint density at radius 1 is 1.12 bits per heavy atom. The van der Waals surface area contributed by atoms with E-state index in [1.807, 2.05) is 0 Å². The fraction of sp³-hybridized carbons (Fsp3) is 0.250. The third-order valence-electron chi connectivity index (χ3n) is 3.94. The van der Waals surface area contributed by atoms with E-state index in [1.54, 1.807) is 12.3 Å². The van der Waals surface area contributed by atoms with Crippen molar-refractivity contribution in [3.63, 3.8) is 0 Å². The highest BCUT2D eigenvalue weighted by molar-refractivity contribution is 6.31. The second-order valence-corrected chi connectivity index (χ2v) is 5.98. The maximum absolute atomic E-state index is 13.3. The van der Waals surface area contributed by atoms with Gasteiger partial charge >= 0.3 is 0 Å². The van der Waals surface area contributed by atoms with Crippen LogP contribution in [0.3, 0.4) is 0 Å². The number of rotatable bonds is 3. The van der Waals surface area contributed by atoms with Crippen LogP contribution < -0.4 is 10.2 Å². The van der Waals surface area contributed by atoms with E-state index >= 15 is 0 Å². The van der Waals surface area contributed by atoms with E-state index in [2.05, 4.69) is 30.2 Å². The van der Waals surface area contributed by atoms with Crippen molar-refractivity contribution in [2.45, 2.75) is 12.8 Å². The molecular weight excluding hydrogens is 331 g/mol. The first-order chi connectivity index (χ1) is 11.7. The van der Waals surface area contributed by atoms with Crippen molar-refractivity contribution in [1.29, 1.82) is 0 Å². The molecule has 1 aliphatic rings. The lowest BCUT2D eigenvalue weighted by molar-refractivity contribution is 0.628. The van der Waals surface area contributed by atoms with Crippen LogP contribution in [0.1, 0.15) is 12.8 Å². The van der Waals surface area contributed by atoms with Gasteiger partial charge in [0.25, 0.3) is 0 Å². The van der Waals surface area contributed by atoms with Gasteiger partial charge in [-0.2, -0.15) is 0 Å². The number of hydrogen-bond donors (Lipinski definition) is 1. The van der Waals surface area contributed by atoms with Crippen molar-refractivity contribution in [2.24, 2.45) is 0 Å². The first-order valence-corrected chi connectivity index (χ1v) is 8.03. The van der Waals surface area contributed by atoms with Gasteiger partial charge in [0.05, 0.1) is 11.2 Å². The van der Waals surface area contributed by atoms with Gasteiger partial charge in [0.15, 0.2) is 5.82 Å². The molecule has 1 aliphatic heterocycles. The molecule has 1 saturated heterocycles. The number of nitrogens with zero attached hydrogens (tertiary/aromatic N) is 5. The maximum Gasteiger partial charge on any atom is 0.226 e. The lowest BCUT2D eigenvalue weighted by Gasteiger charge is -2.15. The minimum atomic E-state index is -0.464. The lowest BCUT2D eigenvalue weighted by Crippen LogP contribution is -2.20. The van der Waals surface area contributed by atoms with Gasteiger partial charge < -0.3 is 10.2 Å². The molecule has 0 radical (unpaired) electrons. The van der Waals surface area contributed by atoms with Crippen LogP contribution in [-0.2, 0) is 0 Å². The summed E-state index contributed by atoms with van der Waals surface area (Å²) >= 11 is 5.83. The SMILES string of the molecule is Fc1ccc(Nc2ncnc3cnc(N4CCCC4)nc23)cc1Cl. The highest BCUT2D eigenvalue weighted by atomic mass is 35.5. The summed E-state index contributed by atoms with van der Waals surface area (Å²) < 4.78 is 13.3. The van der Waals surface area contributed by atoms with Crippen molar-refractivity contribution in [1.82, 2.24) is 19.9 Å². The molecule has 1 fully saturated rings. The fourth-order valence-electron chi connectivity index (χ4n) is 2.72. The van der Waals surface area contributed by atoms with Crippen LogP contribution in [0.5, 0.6) is 0 Å². The van der Waals surface area contributed by atoms with Gasteiger partial charge in [-0.1, -0.05) is 11.6 Å². The molecule has 0 atom stereocenters. The average molecular weight is 345 g/mol. The van der Waals surface area contributed by atoms with Crippen molar-refractivity contribution in [2.75, 3.05) is 23.3 Å². The minimum absolute atomic E-state index is 0.0470. The van der Waals surface area contributed by atoms with Gasteiger partial charge in [0.2, 0.25) is 5.95 Å². The molecule has 0 aliphatic carbocycles. The summed E-state index contributed by atoms with van der Waals surface area (Å²) in [6, 6.07) is 4.41. The van der Waals surface area contributed by atoms with E-state index in [0.717, 1.165) is 25.9 Å². The van der Waals surface area contributed by atoms with Gasteiger partial charge in [-0.05, 0) is 31.0 Å². The Morgan fingerprint density at radius 2 is 1.96 bits per heavy atom. The Bertz CT molecular complexity index is 897. The number of benzene rings is 1. The standard InChI is InChI=1S/C16H14ClFN6/c17-11-7-10(3-4-12(11)18)22-15-14-13(20-9-21-15)8-19-16(23-14)24-5-1-2-6-24/h3-4,7-9H,1-2,5-6H2,(H,20,21,22). The molecular formula is C16H14ClFN6.